The molecule has 0 aliphatic carbocycles. The highest BCUT2D eigenvalue weighted by atomic mass is 32.1. The van der Waals surface area contributed by atoms with Crippen LogP contribution < -0.4 is 10.6 Å². The van der Waals surface area contributed by atoms with Crippen LogP contribution in [0.3, 0.4) is 0 Å². The molecular weight excluding hydrogens is 405 g/mol. The van der Waals surface area contributed by atoms with Gasteiger partial charge in [-0.15, -0.1) is 11.3 Å². The summed E-state index contributed by atoms with van der Waals surface area (Å²) in [6.45, 7) is 2.43. The molecule has 2 amide bonds. The quantitative estimate of drug-likeness (QED) is 0.501. The number of amides is 2. The van der Waals surface area contributed by atoms with E-state index in [1.165, 1.54) is 23.5 Å². The second-order valence-corrected chi connectivity index (χ2v) is 7.77. The number of nitrogens with zero attached hydrogens (tertiary/aromatic N) is 1. The van der Waals surface area contributed by atoms with Crippen molar-refractivity contribution >= 4 is 28.5 Å². The maximum Gasteiger partial charge on any atom is 0.407 e. The van der Waals surface area contributed by atoms with Crippen LogP contribution in [0.1, 0.15) is 23.3 Å². The number of hydrogen-bond donors (Lipinski definition) is 2. The summed E-state index contributed by atoms with van der Waals surface area (Å²) >= 11 is 1.36. The van der Waals surface area contributed by atoms with Crippen molar-refractivity contribution in [2.24, 2.45) is 0 Å². The van der Waals surface area contributed by atoms with E-state index in [-0.39, 0.29) is 24.8 Å². The van der Waals surface area contributed by atoms with E-state index in [2.05, 4.69) is 15.6 Å². The summed E-state index contributed by atoms with van der Waals surface area (Å²) < 4.78 is 18.2. The molecule has 0 saturated heterocycles. The lowest BCUT2D eigenvalue weighted by Crippen LogP contribution is -2.26. The molecule has 1 heterocycles. The molecule has 0 atom stereocenters. The highest BCUT2D eigenvalue weighted by molar-refractivity contribution is 7.16. The number of ether oxygens (including phenoxy) is 1. The van der Waals surface area contributed by atoms with E-state index in [1.807, 2.05) is 37.3 Å². The molecule has 0 saturated carbocycles. The van der Waals surface area contributed by atoms with Gasteiger partial charge in [0, 0.05) is 23.4 Å². The number of anilines is 1. The molecule has 156 valence electrons. The Hall–Kier alpha value is -3.26. The van der Waals surface area contributed by atoms with Gasteiger partial charge in [0.15, 0.2) is 5.13 Å². The van der Waals surface area contributed by atoms with Gasteiger partial charge in [0.2, 0.25) is 5.91 Å². The Kier molecular flexibility index (Phi) is 7.51. The second kappa shape index (κ2) is 10.5. The highest BCUT2D eigenvalue weighted by Crippen LogP contribution is 2.30. The Balaban J connectivity index is 1.38. The average molecular weight is 428 g/mol. The summed E-state index contributed by atoms with van der Waals surface area (Å²) in [6.07, 6.45) is 0.198. The van der Waals surface area contributed by atoms with Gasteiger partial charge in [0.25, 0.3) is 0 Å². The van der Waals surface area contributed by atoms with Crippen LogP contribution in [0.2, 0.25) is 0 Å². The standard InChI is InChI=1S/C22H22FN3O3S/c1-15-20(17-9-11-18(23)12-10-17)26-21(30-15)25-19(27)8-5-13-24-22(28)29-14-16-6-3-2-4-7-16/h2-4,6-7,9-12H,5,8,13-14H2,1H3,(H,24,28)(H,25,26,27). The monoisotopic (exact) mass is 427 g/mol. The van der Waals surface area contributed by atoms with Crippen LogP contribution in [0.4, 0.5) is 14.3 Å². The van der Waals surface area contributed by atoms with Crippen LogP contribution in [0.25, 0.3) is 11.3 Å². The number of rotatable bonds is 8. The third-order valence-corrected chi connectivity index (χ3v) is 5.11. The minimum atomic E-state index is -0.515. The first-order valence-electron chi connectivity index (χ1n) is 9.49. The first kappa shape index (κ1) is 21.4. The molecule has 3 aromatic rings. The number of carbonyl (C=O) groups is 2. The zero-order chi connectivity index (χ0) is 21.3. The van der Waals surface area contributed by atoms with E-state index in [4.69, 9.17) is 4.74 Å². The molecule has 0 aliphatic rings. The zero-order valence-electron chi connectivity index (χ0n) is 16.5. The maximum absolute atomic E-state index is 13.1. The first-order valence-corrected chi connectivity index (χ1v) is 10.3. The van der Waals surface area contributed by atoms with Gasteiger partial charge in [0.1, 0.15) is 12.4 Å². The van der Waals surface area contributed by atoms with Crippen molar-refractivity contribution in [3.8, 4) is 11.3 Å². The molecule has 3 rings (SSSR count). The van der Waals surface area contributed by atoms with Gasteiger partial charge in [0.05, 0.1) is 5.69 Å². The van der Waals surface area contributed by atoms with E-state index in [0.717, 1.165) is 21.7 Å². The van der Waals surface area contributed by atoms with Crippen LogP contribution in [0.5, 0.6) is 0 Å². The van der Waals surface area contributed by atoms with Crippen LogP contribution in [0.15, 0.2) is 54.6 Å². The molecule has 0 bridgehead atoms. The van der Waals surface area contributed by atoms with Gasteiger partial charge >= 0.3 is 6.09 Å². The second-order valence-electron chi connectivity index (χ2n) is 6.57. The number of halogens is 1. The van der Waals surface area contributed by atoms with E-state index in [1.54, 1.807) is 12.1 Å². The maximum atomic E-state index is 13.1. The Morgan fingerprint density at radius 1 is 1.10 bits per heavy atom. The topological polar surface area (TPSA) is 80.3 Å². The number of thiazole rings is 1. The van der Waals surface area contributed by atoms with Crippen LogP contribution in [-0.2, 0) is 16.1 Å². The third-order valence-electron chi connectivity index (χ3n) is 4.22. The third kappa shape index (κ3) is 6.38. The van der Waals surface area contributed by atoms with Crippen molar-refractivity contribution in [3.05, 3.63) is 70.9 Å². The van der Waals surface area contributed by atoms with Crippen molar-refractivity contribution < 1.29 is 18.7 Å². The van der Waals surface area contributed by atoms with E-state index in [9.17, 15) is 14.0 Å². The molecule has 0 spiro atoms. The number of hydrogen-bond acceptors (Lipinski definition) is 5. The summed E-state index contributed by atoms with van der Waals surface area (Å²) in [4.78, 5) is 29.2. The minimum Gasteiger partial charge on any atom is -0.445 e. The van der Waals surface area contributed by atoms with Crippen LogP contribution >= 0.6 is 11.3 Å². The first-order chi connectivity index (χ1) is 14.5. The van der Waals surface area contributed by atoms with Crippen molar-refractivity contribution in [2.75, 3.05) is 11.9 Å². The Morgan fingerprint density at radius 2 is 1.83 bits per heavy atom. The van der Waals surface area contributed by atoms with E-state index in [0.29, 0.717) is 18.1 Å². The summed E-state index contributed by atoms with van der Waals surface area (Å²) in [5.41, 5.74) is 2.42. The van der Waals surface area contributed by atoms with Crippen molar-refractivity contribution in [1.29, 1.82) is 0 Å². The van der Waals surface area contributed by atoms with Crippen molar-refractivity contribution in [2.45, 2.75) is 26.4 Å². The van der Waals surface area contributed by atoms with E-state index < -0.39 is 6.09 Å². The highest BCUT2D eigenvalue weighted by Gasteiger charge is 2.12. The average Bonchev–Trinajstić information content (AvgIpc) is 3.11. The predicted octanol–water partition coefficient (Wildman–Crippen LogP) is 4.90. The van der Waals surface area contributed by atoms with Crippen LogP contribution in [0, 0.1) is 12.7 Å². The summed E-state index contributed by atoms with van der Waals surface area (Å²) in [6, 6.07) is 15.5. The van der Waals surface area contributed by atoms with Crippen molar-refractivity contribution in [3.63, 3.8) is 0 Å². The lowest BCUT2D eigenvalue weighted by atomic mass is 10.1. The molecular formula is C22H22FN3O3S. The summed E-state index contributed by atoms with van der Waals surface area (Å²) in [7, 11) is 0. The number of aromatic nitrogens is 1. The molecule has 2 N–H and O–H groups in total. The summed E-state index contributed by atoms with van der Waals surface area (Å²) in [5, 5.41) is 5.89. The SMILES string of the molecule is Cc1sc(NC(=O)CCCNC(=O)OCc2ccccc2)nc1-c1ccc(F)cc1. The smallest absolute Gasteiger partial charge is 0.407 e. The Labute approximate surface area is 178 Å². The molecule has 0 unspecified atom stereocenters. The number of aryl methyl sites for hydroxylation is 1. The van der Waals surface area contributed by atoms with Crippen LogP contribution in [-0.4, -0.2) is 23.5 Å². The molecule has 30 heavy (non-hydrogen) atoms. The number of benzene rings is 2. The molecule has 6 nitrogen and oxygen atoms in total. The molecule has 8 heteroatoms. The predicted molar refractivity (Wildman–Crippen MR) is 115 cm³/mol. The zero-order valence-corrected chi connectivity index (χ0v) is 17.3. The number of nitrogens with one attached hydrogen (secondary N) is 2. The van der Waals surface area contributed by atoms with Crippen molar-refractivity contribution in [1.82, 2.24) is 10.3 Å². The fourth-order valence-electron chi connectivity index (χ4n) is 2.72. The van der Waals surface area contributed by atoms with Gasteiger partial charge in [-0.2, -0.15) is 0 Å². The fraction of sp³-hybridized carbons (Fsp3) is 0.227. The number of carbonyl (C=O) groups excluding carboxylic acids is 2. The van der Waals surface area contributed by atoms with Gasteiger partial charge < -0.3 is 15.4 Å². The Morgan fingerprint density at radius 3 is 2.57 bits per heavy atom. The van der Waals surface area contributed by atoms with E-state index >= 15 is 0 Å². The Bertz CT molecular complexity index is 991. The largest absolute Gasteiger partial charge is 0.445 e. The molecule has 0 fully saturated rings. The lowest BCUT2D eigenvalue weighted by Gasteiger charge is -2.07. The molecule has 0 radical (unpaired) electrons. The molecule has 1 aromatic heterocycles. The minimum absolute atomic E-state index is 0.186. The fourth-order valence-corrected chi connectivity index (χ4v) is 3.57. The van der Waals surface area contributed by atoms with Gasteiger partial charge in [-0.3, -0.25) is 4.79 Å². The molecule has 0 aliphatic heterocycles. The molecule has 2 aromatic carbocycles. The van der Waals surface area contributed by atoms with Gasteiger partial charge in [-0.05, 0) is 43.2 Å². The lowest BCUT2D eigenvalue weighted by molar-refractivity contribution is -0.116. The summed E-state index contributed by atoms with van der Waals surface area (Å²) in [5.74, 6) is -0.494. The van der Waals surface area contributed by atoms with Gasteiger partial charge in [-0.25, -0.2) is 14.2 Å². The normalized spacial score (nSPS) is 10.5. The van der Waals surface area contributed by atoms with Gasteiger partial charge in [-0.1, -0.05) is 30.3 Å². The number of alkyl carbamates (subject to hydrolysis) is 1.